The molecule has 1 N–H and O–H groups in total. The normalized spacial score (nSPS) is 16.1. The fraction of sp³-hybridized carbons (Fsp3) is 0.111. The number of para-hydroxylation sites is 1. The van der Waals surface area contributed by atoms with E-state index in [9.17, 15) is 9.18 Å². The van der Waals surface area contributed by atoms with Crippen LogP contribution in [0.3, 0.4) is 0 Å². The van der Waals surface area contributed by atoms with Crippen LogP contribution < -0.4 is 10.2 Å². The lowest BCUT2D eigenvalue weighted by Crippen LogP contribution is -2.30. The number of amides is 1. The van der Waals surface area contributed by atoms with Gasteiger partial charge in [0.25, 0.3) is 5.91 Å². The summed E-state index contributed by atoms with van der Waals surface area (Å²) in [5, 5.41) is 3.28. The molecule has 0 aromatic heterocycles. The van der Waals surface area contributed by atoms with Crippen LogP contribution in [0.1, 0.15) is 16.7 Å². The average molecular weight is 326 g/mol. The quantitative estimate of drug-likeness (QED) is 0.674. The van der Waals surface area contributed by atoms with Gasteiger partial charge in [0.15, 0.2) is 5.11 Å². The number of carbonyl (C=O) groups is 1. The molecule has 0 saturated carbocycles. The summed E-state index contributed by atoms with van der Waals surface area (Å²) < 4.78 is 13.3. The molecule has 1 fully saturated rings. The Morgan fingerprint density at radius 1 is 1.13 bits per heavy atom. The van der Waals surface area contributed by atoms with Gasteiger partial charge in [0.2, 0.25) is 0 Å². The van der Waals surface area contributed by atoms with Crippen LogP contribution in [0.5, 0.6) is 0 Å². The second-order valence-corrected chi connectivity index (χ2v) is 5.81. The van der Waals surface area contributed by atoms with Gasteiger partial charge in [-0.15, -0.1) is 0 Å². The van der Waals surface area contributed by atoms with E-state index in [1.54, 1.807) is 25.1 Å². The Kier molecular flexibility index (Phi) is 3.96. The van der Waals surface area contributed by atoms with Gasteiger partial charge in [0, 0.05) is 0 Å². The van der Waals surface area contributed by atoms with E-state index in [4.69, 9.17) is 12.2 Å². The number of anilines is 1. The second kappa shape index (κ2) is 5.93. The van der Waals surface area contributed by atoms with E-state index < -0.39 is 0 Å². The van der Waals surface area contributed by atoms with Crippen molar-refractivity contribution in [2.75, 3.05) is 4.90 Å². The zero-order valence-electron chi connectivity index (χ0n) is 12.8. The summed E-state index contributed by atoms with van der Waals surface area (Å²) in [6, 6.07) is 12.3. The van der Waals surface area contributed by atoms with Crippen LogP contribution in [0.25, 0.3) is 6.08 Å². The smallest absolute Gasteiger partial charge is 0.281 e. The molecule has 1 aliphatic heterocycles. The van der Waals surface area contributed by atoms with Crippen LogP contribution in [0.15, 0.2) is 48.2 Å². The maximum Gasteiger partial charge on any atom is 0.281 e. The minimum absolute atomic E-state index is 0.216. The maximum atomic E-state index is 13.3. The van der Waals surface area contributed by atoms with Gasteiger partial charge in [-0.25, -0.2) is 4.39 Å². The van der Waals surface area contributed by atoms with Gasteiger partial charge in [-0.3, -0.25) is 9.69 Å². The first-order valence-corrected chi connectivity index (χ1v) is 7.57. The van der Waals surface area contributed by atoms with E-state index in [1.165, 1.54) is 11.0 Å². The van der Waals surface area contributed by atoms with Gasteiger partial charge in [-0.05, 0) is 67.0 Å². The average Bonchev–Trinajstić information content (AvgIpc) is 2.78. The van der Waals surface area contributed by atoms with E-state index in [0.717, 1.165) is 16.8 Å². The summed E-state index contributed by atoms with van der Waals surface area (Å²) in [6.07, 6.45) is 1.68. The number of halogens is 1. The molecule has 0 spiro atoms. The Labute approximate surface area is 139 Å². The molecule has 3 nitrogen and oxygen atoms in total. The highest BCUT2D eigenvalue weighted by atomic mass is 32.1. The molecule has 2 aromatic carbocycles. The van der Waals surface area contributed by atoms with E-state index in [-0.39, 0.29) is 11.7 Å². The Morgan fingerprint density at radius 3 is 2.57 bits per heavy atom. The van der Waals surface area contributed by atoms with Gasteiger partial charge < -0.3 is 5.32 Å². The number of hydrogen-bond donors (Lipinski definition) is 1. The van der Waals surface area contributed by atoms with E-state index in [0.29, 0.717) is 16.4 Å². The molecule has 23 heavy (non-hydrogen) atoms. The van der Waals surface area contributed by atoms with Gasteiger partial charge in [0.1, 0.15) is 11.5 Å². The maximum absolute atomic E-state index is 13.3. The first kappa shape index (κ1) is 15.4. The van der Waals surface area contributed by atoms with Crippen LogP contribution >= 0.6 is 12.2 Å². The molecule has 1 saturated heterocycles. The zero-order valence-corrected chi connectivity index (χ0v) is 13.6. The van der Waals surface area contributed by atoms with E-state index in [2.05, 4.69) is 5.32 Å². The summed E-state index contributed by atoms with van der Waals surface area (Å²) in [5.41, 5.74) is 3.37. The highest BCUT2D eigenvalue weighted by molar-refractivity contribution is 7.80. The number of aryl methyl sites for hydroxylation is 2. The molecule has 116 valence electrons. The van der Waals surface area contributed by atoms with E-state index in [1.807, 2.05) is 31.2 Å². The Morgan fingerprint density at radius 2 is 1.87 bits per heavy atom. The van der Waals surface area contributed by atoms with Gasteiger partial charge in [-0.2, -0.15) is 0 Å². The van der Waals surface area contributed by atoms with Crippen LogP contribution in [-0.2, 0) is 4.79 Å². The van der Waals surface area contributed by atoms with E-state index >= 15 is 0 Å². The summed E-state index contributed by atoms with van der Waals surface area (Å²) >= 11 is 5.29. The minimum atomic E-state index is -0.269. The lowest BCUT2D eigenvalue weighted by Gasteiger charge is -2.16. The van der Waals surface area contributed by atoms with Crippen molar-refractivity contribution in [1.29, 1.82) is 0 Å². The second-order valence-electron chi connectivity index (χ2n) is 5.42. The molecule has 0 radical (unpaired) electrons. The molecule has 0 aliphatic carbocycles. The topological polar surface area (TPSA) is 32.3 Å². The Bertz CT molecular complexity index is 845. The highest BCUT2D eigenvalue weighted by Crippen LogP contribution is 2.25. The monoisotopic (exact) mass is 326 g/mol. The van der Waals surface area contributed by atoms with Crippen molar-refractivity contribution >= 4 is 35.0 Å². The standard InChI is InChI=1S/C18H15FN2OS/c1-11-5-3-4-6-16(11)21-17(22)15(20-18(21)23)10-13-7-8-14(19)12(2)9-13/h3-10H,1-2H3,(H,20,23)/b15-10-. The number of nitrogens with zero attached hydrogens (tertiary/aromatic N) is 1. The summed E-state index contributed by atoms with van der Waals surface area (Å²) in [6.45, 7) is 3.61. The molecule has 0 bridgehead atoms. The highest BCUT2D eigenvalue weighted by Gasteiger charge is 2.32. The fourth-order valence-electron chi connectivity index (χ4n) is 2.49. The van der Waals surface area contributed by atoms with Crippen molar-refractivity contribution in [3.8, 4) is 0 Å². The zero-order chi connectivity index (χ0) is 16.6. The number of hydrogen-bond acceptors (Lipinski definition) is 2. The fourth-order valence-corrected chi connectivity index (χ4v) is 2.78. The molecule has 0 unspecified atom stereocenters. The van der Waals surface area contributed by atoms with Crippen molar-refractivity contribution in [3.63, 3.8) is 0 Å². The molecular formula is C18H15FN2OS. The van der Waals surface area contributed by atoms with Crippen LogP contribution in [0.4, 0.5) is 10.1 Å². The number of carbonyl (C=O) groups excluding carboxylic acids is 1. The van der Waals surface area contributed by atoms with Crippen molar-refractivity contribution < 1.29 is 9.18 Å². The predicted octanol–water partition coefficient (Wildman–Crippen LogP) is 3.70. The summed E-state index contributed by atoms with van der Waals surface area (Å²) in [4.78, 5) is 14.1. The third kappa shape index (κ3) is 2.87. The predicted molar refractivity (Wildman–Crippen MR) is 93.5 cm³/mol. The molecule has 5 heteroatoms. The van der Waals surface area contributed by atoms with Crippen LogP contribution in [0.2, 0.25) is 0 Å². The van der Waals surface area contributed by atoms with Gasteiger partial charge in [0.05, 0.1) is 5.69 Å². The third-order valence-corrected chi connectivity index (χ3v) is 4.01. The number of benzene rings is 2. The van der Waals surface area contributed by atoms with Crippen molar-refractivity contribution in [3.05, 3.63) is 70.7 Å². The SMILES string of the molecule is Cc1cc(/C=C2\NC(=S)N(c3ccccc3C)C2=O)ccc1F. The Balaban J connectivity index is 1.96. The van der Waals surface area contributed by atoms with Crippen LogP contribution in [-0.4, -0.2) is 11.0 Å². The largest absolute Gasteiger partial charge is 0.327 e. The number of nitrogens with one attached hydrogen (secondary N) is 1. The first-order chi connectivity index (χ1) is 11.0. The van der Waals surface area contributed by atoms with Gasteiger partial charge in [-0.1, -0.05) is 24.3 Å². The summed E-state index contributed by atoms with van der Waals surface area (Å²) in [5.74, 6) is -0.485. The number of rotatable bonds is 2. The van der Waals surface area contributed by atoms with Gasteiger partial charge >= 0.3 is 0 Å². The molecule has 0 atom stereocenters. The molecule has 3 rings (SSSR count). The molecule has 1 heterocycles. The third-order valence-electron chi connectivity index (χ3n) is 3.73. The van der Waals surface area contributed by atoms with Crippen molar-refractivity contribution in [2.24, 2.45) is 0 Å². The molecule has 1 amide bonds. The minimum Gasteiger partial charge on any atom is -0.327 e. The lowest BCUT2D eigenvalue weighted by molar-refractivity contribution is -0.113. The Hall–Kier alpha value is -2.53. The van der Waals surface area contributed by atoms with Crippen molar-refractivity contribution in [1.82, 2.24) is 5.32 Å². The molecule has 1 aliphatic rings. The molecule has 2 aromatic rings. The lowest BCUT2D eigenvalue weighted by atomic mass is 10.1. The summed E-state index contributed by atoms with van der Waals surface area (Å²) in [7, 11) is 0. The number of thiocarbonyl (C=S) groups is 1. The first-order valence-electron chi connectivity index (χ1n) is 7.16. The van der Waals surface area contributed by atoms with Crippen molar-refractivity contribution in [2.45, 2.75) is 13.8 Å². The molecular weight excluding hydrogens is 311 g/mol. The van der Waals surface area contributed by atoms with Crippen LogP contribution in [0, 0.1) is 19.7 Å².